The third-order valence-electron chi connectivity index (χ3n) is 5.05. The predicted octanol–water partition coefficient (Wildman–Crippen LogP) is 3.14. The number of aromatic nitrogens is 1. The Balaban J connectivity index is 1.27. The highest BCUT2D eigenvalue weighted by Gasteiger charge is 2.22. The van der Waals surface area contributed by atoms with Crippen LogP contribution in [0.4, 0.5) is 5.69 Å². The fourth-order valence-electron chi connectivity index (χ4n) is 3.53. The van der Waals surface area contributed by atoms with Crippen LogP contribution in [0.15, 0.2) is 48.5 Å². The Bertz CT molecular complexity index is 974. The minimum atomic E-state index is -0.0995. The summed E-state index contributed by atoms with van der Waals surface area (Å²) in [5, 5.41) is 3.87. The summed E-state index contributed by atoms with van der Waals surface area (Å²) in [4.78, 5) is 32.7. The Morgan fingerprint density at radius 2 is 1.76 bits per heavy atom. The van der Waals surface area contributed by atoms with Crippen LogP contribution in [-0.4, -0.2) is 52.8 Å². The van der Waals surface area contributed by atoms with Crippen molar-refractivity contribution in [1.82, 2.24) is 14.8 Å². The summed E-state index contributed by atoms with van der Waals surface area (Å²) >= 11 is 1.74. The SMILES string of the molecule is CC(=O)Nc1ccc(CC(=O)N2CCN(Cc3nc4ccccc4s3)CC2)cc1. The lowest BCUT2D eigenvalue weighted by Gasteiger charge is -2.34. The number of thiazole rings is 1. The third kappa shape index (κ3) is 4.99. The molecule has 1 aromatic heterocycles. The second-order valence-electron chi connectivity index (χ2n) is 7.29. The predicted molar refractivity (Wildman–Crippen MR) is 116 cm³/mol. The van der Waals surface area contributed by atoms with E-state index in [1.54, 1.807) is 11.3 Å². The van der Waals surface area contributed by atoms with Crippen molar-refractivity contribution in [2.45, 2.75) is 19.9 Å². The Morgan fingerprint density at radius 3 is 2.45 bits per heavy atom. The van der Waals surface area contributed by atoms with Crippen LogP contribution in [0.25, 0.3) is 10.2 Å². The molecule has 2 amide bonds. The molecule has 0 unspecified atom stereocenters. The van der Waals surface area contributed by atoms with E-state index in [0.717, 1.165) is 54.5 Å². The van der Waals surface area contributed by atoms with E-state index in [-0.39, 0.29) is 11.8 Å². The molecule has 1 aliphatic heterocycles. The number of anilines is 1. The van der Waals surface area contributed by atoms with Crippen LogP contribution in [0.1, 0.15) is 17.5 Å². The number of piperazine rings is 1. The Kier molecular flexibility index (Phi) is 5.87. The first-order valence-corrected chi connectivity index (χ1v) is 10.6. The normalized spacial score (nSPS) is 14.9. The Hall–Kier alpha value is -2.77. The molecule has 1 saturated heterocycles. The van der Waals surface area contributed by atoms with Crippen molar-refractivity contribution < 1.29 is 9.59 Å². The molecule has 2 aromatic carbocycles. The van der Waals surface area contributed by atoms with Gasteiger partial charge in [0.25, 0.3) is 0 Å². The number of rotatable bonds is 5. The first-order valence-electron chi connectivity index (χ1n) is 9.78. The molecular formula is C22H24N4O2S. The average Bonchev–Trinajstić information content (AvgIpc) is 3.12. The quantitative estimate of drug-likeness (QED) is 0.704. The number of fused-ring (bicyclic) bond motifs is 1. The van der Waals surface area contributed by atoms with Gasteiger partial charge in [0.2, 0.25) is 11.8 Å². The highest BCUT2D eigenvalue weighted by Crippen LogP contribution is 2.23. The standard InChI is InChI=1S/C22H24N4O2S/c1-16(27)23-18-8-6-17(7-9-18)14-22(28)26-12-10-25(11-13-26)15-21-24-19-4-2-3-5-20(19)29-21/h2-9H,10-15H2,1H3,(H,23,27). The maximum absolute atomic E-state index is 12.6. The summed E-state index contributed by atoms with van der Waals surface area (Å²) < 4.78 is 1.22. The number of nitrogens with one attached hydrogen (secondary N) is 1. The number of amides is 2. The van der Waals surface area contributed by atoms with Gasteiger partial charge in [-0.3, -0.25) is 14.5 Å². The number of hydrogen-bond acceptors (Lipinski definition) is 5. The van der Waals surface area contributed by atoms with Crippen LogP contribution in [0.2, 0.25) is 0 Å². The van der Waals surface area contributed by atoms with E-state index in [1.807, 2.05) is 41.3 Å². The van der Waals surface area contributed by atoms with E-state index in [9.17, 15) is 9.59 Å². The number of carbonyl (C=O) groups excluding carboxylic acids is 2. The Morgan fingerprint density at radius 1 is 1.03 bits per heavy atom. The van der Waals surface area contributed by atoms with Crippen LogP contribution in [0.5, 0.6) is 0 Å². The van der Waals surface area contributed by atoms with E-state index in [1.165, 1.54) is 11.6 Å². The fraction of sp³-hybridized carbons (Fsp3) is 0.318. The first-order chi connectivity index (χ1) is 14.1. The summed E-state index contributed by atoms with van der Waals surface area (Å²) in [6, 6.07) is 15.7. The number of hydrogen-bond donors (Lipinski definition) is 1. The zero-order chi connectivity index (χ0) is 20.2. The van der Waals surface area contributed by atoms with Gasteiger partial charge in [0.15, 0.2) is 0 Å². The van der Waals surface area contributed by atoms with Gasteiger partial charge in [-0.1, -0.05) is 24.3 Å². The molecule has 6 nitrogen and oxygen atoms in total. The highest BCUT2D eigenvalue weighted by molar-refractivity contribution is 7.18. The van der Waals surface area contributed by atoms with Crippen LogP contribution >= 0.6 is 11.3 Å². The molecular weight excluding hydrogens is 384 g/mol. The maximum Gasteiger partial charge on any atom is 0.227 e. The summed E-state index contributed by atoms with van der Waals surface area (Å²) in [5.74, 6) is 0.0504. The van der Waals surface area contributed by atoms with Gasteiger partial charge in [0.1, 0.15) is 5.01 Å². The van der Waals surface area contributed by atoms with Gasteiger partial charge < -0.3 is 10.2 Å². The number of carbonyl (C=O) groups is 2. The van der Waals surface area contributed by atoms with Crippen LogP contribution in [0, 0.1) is 0 Å². The molecule has 150 valence electrons. The molecule has 2 heterocycles. The third-order valence-corrected chi connectivity index (χ3v) is 6.07. The summed E-state index contributed by atoms with van der Waals surface area (Å²) in [7, 11) is 0. The molecule has 29 heavy (non-hydrogen) atoms. The van der Waals surface area contributed by atoms with Gasteiger partial charge >= 0.3 is 0 Å². The van der Waals surface area contributed by atoms with E-state index in [2.05, 4.69) is 22.3 Å². The van der Waals surface area contributed by atoms with Crippen LogP contribution in [-0.2, 0) is 22.6 Å². The van der Waals surface area contributed by atoms with Crippen molar-refractivity contribution in [3.8, 4) is 0 Å². The zero-order valence-electron chi connectivity index (χ0n) is 16.4. The molecule has 0 spiro atoms. The smallest absolute Gasteiger partial charge is 0.227 e. The van der Waals surface area contributed by atoms with Crippen molar-refractivity contribution >= 4 is 39.1 Å². The van der Waals surface area contributed by atoms with Crippen molar-refractivity contribution in [2.24, 2.45) is 0 Å². The molecule has 0 bridgehead atoms. The largest absolute Gasteiger partial charge is 0.340 e. The van der Waals surface area contributed by atoms with Gasteiger partial charge in [-0.15, -0.1) is 11.3 Å². The van der Waals surface area contributed by atoms with E-state index < -0.39 is 0 Å². The topological polar surface area (TPSA) is 65.5 Å². The first kappa shape index (κ1) is 19.5. The minimum Gasteiger partial charge on any atom is -0.340 e. The van der Waals surface area contributed by atoms with Crippen molar-refractivity contribution in [1.29, 1.82) is 0 Å². The average molecular weight is 409 g/mol. The number of nitrogens with zero attached hydrogens (tertiary/aromatic N) is 3. The fourth-order valence-corrected chi connectivity index (χ4v) is 4.54. The van der Waals surface area contributed by atoms with Crippen LogP contribution < -0.4 is 5.32 Å². The van der Waals surface area contributed by atoms with Crippen molar-refractivity contribution in [3.05, 3.63) is 59.1 Å². The monoisotopic (exact) mass is 408 g/mol. The molecule has 0 radical (unpaired) electrons. The van der Waals surface area contributed by atoms with Crippen molar-refractivity contribution in [3.63, 3.8) is 0 Å². The maximum atomic E-state index is 12.6. The zero-order valence-corrected chi connectivity index (χ0v) is 17.2. The summed E-state index contributed by atoms with van der Waals surface area (Å²) in [6.07, 6.45) is 0.387. The minimum absolute atomic E-state index is 0.0995. The lowest BCUT2D eigenvalue weighted by Crippen LogP contribution is -2.48. The molecule has 1 aliphatic rings. The van der Waals surface area contributed by atoms with Gasteiger partial charge in [0.05, 0.1) is 23.2 Å². The van der Waals surface area contributed by atoms with Crippen LogP contribution in [0.3, 0.4) is 0 Å². The van der Waals surface area contributed by atoms with Gasteiger partial charge in [-0.25, -0.2) is 4.98 Å². The van der Waals surface area contributed by atoms with Gasteiger partial charge in [-0.2, -0.15) is 0 Å². The molecule has 7 heteroatoms. The number of benzene rings is 2. The van der Waals surface area contributed by atoms with Crippen molar-refractivity contribution in [2.75, 3.05) is 31.5 Å². The molecule has 3 aromatic rings. The van der Waals surface area contributed by atoms with Gasteiger partial charge in [0, 0.05) is 38.8 Å². The second-order valence-corrected chi connectivity index (χ2v) is 8.40. The lowest BCUT2D eigenvalue weighted by atomic mass is 10.1. The molecule has 1 N–H and O–H groups in total. The van der Waals surface area contributed by atoms with Gasteiger partial charge in [-0.05, 0) is 29.8 Å². The summed E-state index contributed by atoms with van der Waals surface area (Å²) in [6.45, 7) is 5.54. The summed E-state index contributed by atoms with van der Waals surface area (Å²) in [5.41, 5.74) is 2.77. The molecule has 0 atom stereocenters. The van der Waals surface area contributed by atoms with E-state index >= 15 is 0 Å². The second kappa shape index (κ2) is 8.71. The Labute approximate surface area is 174 Å². The highest BCUT2D eigenvalue weighted by atomic mass is 32.1. The molecule has 1 fully saturated rings. The lowest BCUT2D eigenvalue weighted by molar-refractivity contribution is -0.132. The molecule has 4 rings (SSSR count). The van der Waals surface area contributed by atoms with E-state index in [4.69, 9.17) is 4.98 Å². The molecule has 0 aliphatic carbocycles. The van der Waals surface area contributed by atoms with E-state index in [0.29, 0.717) is 6.42 Å². The molecule has 0 saturated carbocycles. The number of para-hydroxylation sites is 1.